The summed E-state index contributed by atoms with van der Waals surface area (Å²) in [4.78, 5) is 24.6. The van der Waals surface area contributed by atoms with E-state index in [1.165, 1.54) is 32.1 Å². The summed E-state index contributed by atoms with van der Waals surface area (Å²) >= 11 is 3.31. The van der Waals surface area contributed by atoms with E-state index in [1.54, 1.807) is 22.7 Å². The van der Waals surface area contributed by atoms with Crippen LogP contribution in [0.15, 0.2) is 53.2 Å². The number of thiophene rings is 2. The largest absolute Gasteiger partial charge is 0.352 e. The minimum atomic E-state index is -0.0442. The van der Waals surface area contributed by atoms with Crippen LogP contribution in [0.4, 0.5) is 0 Å². The van der Waals surface area contributed by atoms with Crippen LogP contribution in [0.1, 0.15) is 55.8 Å². The van der Waals surface area contributed by atoms with Gasteiger partial charge in [0.25, 0.3) is 5.91 Å². The van der Waals surface area contributed by atoms with Crippen molar-refractivity contribution >= 4 is 39.6 Å². The Bertz CT molecular complexity index is 1120. The number of carbonyl (C=O) groups is 1. The number of hydrogen-bond donors (Lipinski definition) is 1. The zero-order valence-electron chi connectivity index (χ0n) is 17.8. The van der Waals surface area contributed by atoms with Crippen LogP contribution in [-0.2, 0) is 0 Å². The molecule has 0 saturated carbocycles. The Balaban J connectivity index is 1.52. The summed E-state index contributed by atoms with van der Waals surface area (Å²) < 4.78 is 0. The lowest BCUT2D eigenvalue weighted by atomic mass is 10.1. The minimum absolute atomic E-state index is 0.0442. The van der Waals surface area contributed by atoms with Gasteiger partial charge in [-0.25, -0.2) is 9.97 Å². The fourth-order valence-electron chi connectivity index (χ4n) is 3.58. The molecule has 0 bridgehead atoms. The molecule has 0 aliphatic carbocycles. The van der Waals surface area contributed by atoms with Crippen LogP contribution in [0.25, 0.3) is 32.2 Å². The molecule has 4 nitrogen and oxygen atoms in total. The Morgan fingerprint density at radius 1 is 0.839 bits per heavy atom. The van der Waals surface area contributed by atoms with Crippen molar-refractivity contribution in [3.05, 3.63) is 58.8 Å². The molecule has 6 heteroatoms. The monoisotopic (exact) mass is 449 g/mol. The number of rotatable bonds is 10. The van der Waals surface area contributed by atoms with Crippen molar-refractivity contribution in [2.24, 2.45) is 0 Å². The molecule has 1 amide bonds. The van der Waals surface area contributed by atoms with Crippen LogP contribution in [0, 0.1) is 0 Å². The van der Waals surface area contributed by atoms with E-state index < -0.39 is 0 Å². The summed E-state index contributed by atoms with van der Waals surface area (Å²) in [6, 6.07) is 13.8. The van der Waals surface area contributed by atoms with Crippen molar-refractivity contribution in [3.8, 4) is 21.1 Å². The van der Waals surface area contributed by atoms with Crippen LogP contribution >= 0.6 is 22.7 Å². The smallest absolute Gasteiger partial charge is 0.251 e. The zero-order chi connectivity index (χ0) is 21.5. The highest BCUT2D eigenvalue weighted by Crippen LogP contribution is 2.35. The van der Waals surface area contributed by atoms with Gasteiger partial charge in [-0.3, -0.25) is 4.79 Å². The molecule has 0 saturated heterocycles. The van der Waals surface area contributed by atoms with Crippen LogP contribution in [-0.4, -0.2) is 22.4 Å². The molecule has 1 N–H and O–H groups in total. The summed E-state index contributed by atoms with van der Waals surface area (Å²) in [5.74, 6) is -0.0442. The van der Waals surface area contributed by atoms with E-state index in [4.69, 9.17) is 9.97 Å². The number of benzene rings is 1. The van der Waals surface area contributed by atoms with Crippen LogP contribution in [0.2, 0.25) is 0 Å². The van der Waals surface area contributed by atoms with E-state index in [0.29, 0.717) is 12.1 Å². The minimum Gasteiger partial charge on any atom is -0.352 e. The lowest BCUT2D eigenvalue weighted by Crippen LogP contribution is -2.24. The first-order valence-electron chi connectivity index (χ1n) is 10.9. The van der Waals surface area contributed by atoms with Crippen LogP contribution in [0.3, 0.4) is 0 Å². The normalized spacial score (nSPS) is 11.1. The molecule has 160 valence electrons. The summed E-state index contributed by atoms with van der Waals surface area (Å²) in [5.41, 5.74) is 3.95. The Morgan fingerprint density at radius 3 is 2.13 bits per heavy atom. The number of amides is 1. The van der Waals surface area contributed by atoms with E-state index in [9.17, 15) is 4.79 Å². The Kier molecular flexibility index (Phi) is 7.43. The predicted octanol–water partition coefficient (Wildman–Crippen LogP) is 7.18. The van der Waals surface area contributed by atoms with Gasteiger partial charge in [-0.1, -0.05) is 51.2 Å². The van der Waals surface area contributed by atoms with Gasteiger partial charge in [0, 0.05) is 12.1 Å². The van der Waals surface area contributed by atoms with E-state index in [-0.39, 0.29) is 5.91 Å². The van der Waals surface area contributed by atoms with Gasteiger partial charge in [0.1, 0.15) is 11.4 Å². The van der Waals surface area contributed by atoms with E-state index in [0.717, 1.165) is 38.6 Å². The molecule has 0 unspecified atom stereocenters. The highest BCUT2D eigenvalue weighted by atomic mass is 32.1. The molecule has 0 spiro atoms. The molecule has 0 radical (unpaired) electrons. The first-order chi connectivity index (χ1) is 15.3. The second-order valence-electron chi connectivity index (χ2n) is 7.60. The van der Waals surface area contributed by atoms with E-state index in [1.807, 2.05) is 35.7 Å². The Hall–Kier alpha value is -2.57. The maximum atomic E-state index is 12.6. The highest BCUT2D eigenvalue weighted by Gasteiger charge is 2.16. The van der Waals surface area contributed by atoms with E-state index in [2.05, 4.69) is 29.8 Å². The number of nitrogens with zero attached hydrogens (tertiary/aromatic N) is 2. The first-order valence-corrected chi connectivity index (χ1v) is 12.7. The van der Waals surface area contributed by atoms with Crippen LogP contribution < -0.4 is 5.32 Å². The van der Waals surface area contributed by atoms with Crippen molar-refractivity contribution in [2.45, 2.75) is 45.4 Å². The van der Waals surface area contributed by atoms with Gasteiger partial charge < -0.3 is 5.32 Å². The van der Waals surface area contributed by atoms with Crippen LogP contribution in [0.5, 0.6) is 0 Å². The van der Waals surface area contributed by atoms with Gasteiger partial charge >= 0.3 is 0 Å². The van der Waals surface area contributed by atoms with Crippen molar-refractivity contribution in [1.82, 2.24) is 15.3 Å². The fraction of sp³-hybridized carbons (Fsp3) is 0.320. The number of unbranched alkanes of at least 4 members (excludes halogenated alkanes) is 5. The van der Waals surface area contributed by atoms with Crippen molar-refractivity contribution in [3.63, 3.8) is 0 Å². The second-order valence-corrected chi connectivity index (χ2v) is 9.50. The maximum Gasteiger partial charge on any atom is 0.251 e. The molecule has 4 rings (SSSR count). The molecule has 0 fully saturated rings. The van der Waals surface area contributed by atoms with Gasteiger partial charge in [0.2, 0.25) is 0 Å². The fourth-order valence-corrected chi connectivity index (χ4v) is 5.00. The first kappa shape index (κ1) is 21.7. The molecule has 31 heavy (non-hydrogen) atoms. The Morgan fingerprint density at radius 2 is 1.48 bits per heavy atom. The summed E-state index contributed by atoms with van der Waals surface area (Å²) in [7, 11) is 0. The Labute approximate surface area is 191 Å². The quantitative estimate of drug-likeness (QED) is 0.261. The molecule has 4 aromatic rings. The standard InChI is InChI=1S/C25H27N3OS2/c1-2-3-4-5-6-7-14-26-25(29)18-12-13-19-20(17-18)28-24(22-11-9-16-31-22)23(27-19)21-10-8-15-30-21/h8-13,15-17H,2-7,14H2,1H3,(H,26,29). The van der Waals surface area contributed by atoms with Crippen molar-refractivity contribution < 1.29 is 4.79 Å². The molecule has 0 atom stereocenters. The second kappa shape index (κ2) is 10.6. The number of nitrogens with one attached hydrogen (secondary N) is 1. The molecule has 0 aliphatic rings. The van der Waals surface area contributed by atoms with Gasteiger partial charge in [-0.2, -0.15) is 0 Å². The van der Waals surface area contributed by atoms with Gasteiger partial charge in [0.15, 0.2) is 0 Å². The lowest BCUT2D eigenvalue weighted by Gasteiger charge is -2.09. The summed E-state index contributed by atoms with van der Waals surface area (Å²) in [6.45, 7) is 2.94. The third kappa shape index (κ3) is 5.38. The number of fused-ring (bicyclic) bond motifs is 1. The molecule has 3 heterocycles. The third-order valence-corrected chi connectivity index (χ3v) is 7.00. The van der Waals surface area contributed by atoms with Crippen molar-refractivity contribution in [1.29, 1.82) is 0 Å². The lowest BCUT2D eigenvalue weighted by molar-refractivity contribution is 0.0953. The topological polar surface area (TPSA) is 54.9 Å². The molecule has 1 aromatic carbocycles. The van der Waals surface area contributed by atoms with Gasteiger partial charge in [-0.05, 0) is 47.5 Å². The maximum absolute atomic E-state index is 12.6. The highest BCUT2D eigenvalue weighted by molar-refractivity contribution is 7.14. The number of hydrogen-bond acceptors (Lipinski definition) is 5. The molecule has 0 aliphatic heterocycles. The average Bonchev–Trinajstić information content (AvgIpc) is 3.51. The van der Waals surface area contributed by atoms with Gasteiger partial charge in [0.05, 0.1) is 20.8 Å². The van der Waals surface area contributed by atoms with Crippen molar-refractivity contribution in [2.75, 3.05) is 6.54 Å². The molecular formula is C25H27N3OS2. The number of carbonyl (C=O) groups excluding carboxylic acids is 1. The third-order valence-electron chi connectivity index (χ3n) is 5.25. The van der Waals surface area contributed by atoms with E-state index >= 15 is 0 Å². The van der Waals surface area contributed by atoms with Gasteiger partial charge in [-0.15, -0.1) is 22.7 Å². The summed E-state index contributed by atoms with van der Waals surface area (Å²) in [6.07, 6.45) is 7.27. The summed E-state index contributed by atoms with van der Waals surface area (Å²) in [5, 5.41) is 7.15. The SMILES string of the molecule is CCCCCCCCNC(=O)c1ccc2nc(-c3cccs3)c(-c3cccs3)nc2c1. The number of aromatic nitrogens is 2. The predicted molar refractivity (Wildman–Crippen MR) is 132 cm³/mol. The zero-order valence-corrected chi connectivity index (χ0v) is 19.4. The average molecular weight is 450 g/mol. The molecular weight excluding hydrogens is 422 g/mol. The molecule has 3 aromatic heterocycles.